The minimum atomic E-state index is -0.940. The molecule has 1 saturated carbocycles. The highest BCUT2D eigenvalue weighted by molar-refractivity contribution is 5.84. The Morgan fingerprint density at radius 2 is 2.00 bits per heavy atom. The summed E-state index contributed by atoms with van der Waals surface area (Å²) in [4.78, 5) is 23.5. The number of benzene rings is 1. The van der Waals surface area contributed by atoms with Crippen molar-refractivity contribution < 1.29 is 19.1 Å². The number of hydrogen-bond acceptors (Lipinski definition) is 3. The van der Waals surface area contributed by atoms with Gasteiger partial charge in [-0.15, -0.1) is 0 Å². The number of carboxylic acids is 1. The molecule has 0 unspecified atom stereocenters. The molecule has 114 valence electrons. The summed E-state index contributed by atoms with van der Waals surface area (Å²) < 4.78 is 5.30. The molecule has 2 N–H and O–H groups in total. The van der Waals surface area contributed by atoms with Crippen LogP contribution in [0.3, 0.4) is 0 Å². The lowest BCUT2D eigenvalue weighted by Gasteiger charge is -2.13. The van der Waals surface area contributed by atoms with E-state index in [-0.39, 0.29) is 24.3 Å². The van der Waals surface area contributed by atoms with Crippen molar-refractivity contribution in [2.75, 3.05) is 6.54 Å². The van der Waals surface area contributed by atoms with Crippen LogP contribution in [0.2, 0.25) is 0 Å². The molecule has 0 aliphatic heterocycles. The second-order valence-electron chi connectivity index (χ2n) is 5.51. The molecule has 1 aromatic heterocycles. The molecule has 2 aromatic rings. The van der Waals surface area contributed by atoms with Gasteiger partial charge >= 0.3 is 5.97 Å². The third kappa shape index (κ3) is 3.03. The Balaban J connectivity index is 1.57. The summed E-state index contributed by atoms with van der Waals surface area (Å²) in [5.41, 5.74) is 0.689. The molecule has 5 heteroatoms. The van der Waals surface area contributed by atoms with Crippen LogP contribution in [0, 0.1) is 5.92 Å². The van der Waals surface area contributed by atoms with Crippen LogP contribution in [0.1, 0.15) is 29.6 Å². The van der Waals surface area contributed by atoms with Gasteiger partial charge in [0.15, 0.2) is 0 Å². The van der Waals surface area contributed by atoms with E-state index in [9.17, 15) is 14.7 Å². The zero-order valence-corrected chi connectivity index (χ0v) is 11.9. The number of carboxylic acid groups (broad SMARTS) is 1. The van der Waals surface area contributed by atoms with Crippen LogP contribution in [-0.2, 0) is 9.59 Å². The van der Waals surface area contributed by atoms with Crippen LogP contribution >= 0.6 is 0 Å². The third-order valence-corrected chi connectivity index (χ3v) is 4.02. The van der Waals surface area contributed by atoms with Crippen molar-refractivity contribution >= 4 is 11.9 Å². The molecule has 1 amide bonds. The van der Waals surface area contributed by atoms with E-state index in [1.807, 2.05) is 12.1 Å². The zero-order valence-electron chi connectivity index (χ0n) is 11.9. The summed E-state index contributed by atoms with van der Waals surface area (Å²) in [5.74, 6) is -0.955. The van der Waals surface area contributed by atoms with E-state index in [2.05, 4.69) is 5.32 Å². The Kier molecular flexibility index (Phi) is 3.96. The lowest BCUT2D eigenvalue weighted by atomic mass is 9.99. The number of carbonyl (C=O) groups is 2. The Hall–Kier alpha value is -2.56. The number of amides is 1. The van der Waals surface area contributed by atoms with Crippen molar-refractivity contribution in [1.82, 2.24) is 5.32 Å². The van der Waals surface area contributed by atoms with E-state index in [1.165, 1.54) is 0 Å². The van der Waals surface area contributed by atoms with Crippen LogP contribution in [0.15, 0.2) is 53.1 Å². The molecule has 1 fully saturated rings. The largest absolute Gasteiger partial charge is 0.481 e. The van der Waals surface area contributed by atoms with Crippen LogP contribution in [0.4, 0.5) is 0 Å². The van der Waals surface area contributed by atoms with E-state index >= 15 is 0 Å². The van der Waals surface area contributed by atoms with Gasteiger partial charge in [0.1, 0.15) is 5.76 Å². The predicted octanol–water partition coefficient (Wildman–Crippen LogP) is 2.37. The fourth-order valence-corrected chi connectivity index (χ4v) is 2.67. The van der Waals surface area contributed by atoms with Gasteiger partial charge in [-0.2, -0.15) is 0 Å². The van der Waals surface area contributed by atoms with Crippen LogP contribution < -0.4 is 5.32 Å². The van der Waals surface area contributed by atoms with E-state index in [0.29, 0.717) is 5.56 Å². The summed E-state index contributed by atoms with van der Waals surface area (Å²) in [5, 5.41) is 12.1. The molecule has 0 saturated heterocycles. The monoisotopic (exact) mass is 299 g/mol. The van der Waals surface area contributed by atoms with Crippen molar-refractivity contribution in [1.29, 1.82) is 0 Å². The van der Waals surface area contributed by atoms with Gasteiger partial charge in [0.05, 0.1) is 12.2 Å². The van der Waals surface area contributed by atoms with Gasteiger partial charge in [0.25, 0.3) is 0 Å². The molecule has 0 radical (unpaired) electrons. The topological polar surface area (TPSA) is 79.5 Å². The van der Waals surface area contributed by atoms with E-state index < -0.39 is 11.9 Å². The van der Waals surface area contributed by atoms with Gasteiger partial charge in [-0.25, -0.2) is 0 Å². The average molecular weight is 299 g/mol. The summed E-state index contributed by atoms with van der Waals surface area (Å²) in [6.07, 6.45) is 2.35. The van der Waals surface area contributed by atoms with Crippen LogP contribution in [-0.4, -0.2) is 23.5 Å². The van der Waals surface area contributed by atoms with E-state index in [0.717, 1.165) is 12.2 Å². The molecule has 1 aliphatic rings. The van der Waals surface area contributed by atoms with Crippen molar-refractivity contribution in [3.8, 4) is 0 Å². The maximum absolute atomic E-state index is 12.1. The Labute approximate surface area is 127 Å². The molecule has 1 heterocycles. The first-order chi connectivity index (χ1) is 10.7. The maximum Gasteiger partial charge on any atom is 0.312 e. The molecule has 3 rings (SSSR count). The molecular weight excluding hydrogens is 282 g/mol. The summed E-state index contributed by atoms with van der Waals surface area (Å²) in [7, 11) is 0. The van der Waals surface area contributed by atoms with Gasteiger partial charge in [-0.05, 0) is 24.1 Å². The first-order valence-corrected chi connectivity index (χ1v) is 7.25. The van der Waals surface area contributed by atoms with Crippen molar-refractivity contribution in [3.63, 3.8) is 0 Å². The summed E-state index contributed by atoms with van der Waals surface area (Å²) in [6.45, 7) is 0.0968. The minimum Gasteiger partial charge on any atom is -0.481 e. The molecule has 1 aliphatic carbocycles. The summed E-state index contributed by atoms with van der Waals surface area (Å²) >= 11 is 0. The highest BCUT2D eigenvalue weighted by Gasteiger charge is 2.45. The molecule has 5 nitrogen and oxygen atoms in total. The number of carbonyl (C=O) groups excluding carboxylic acids is 1. The maximum atomic E-state index is 12.1. The quantitative estimate of drug-likeness (QED) is 0.858. The van der Waals surface area contributed by atoms with E-state index in [4.69, 9.17) is 4.42 Å². The molecular formula is C17H17NO4. The normalized spacial score (nSPS) is 21.1. The van der Waals surface area contributed by atoms with Gasteiger partial charge in [-0.1, -0.05) is 30.3 Å². The lowest BCUT2D eigenvalue weighted by molar-refractivity contribution is -0.138. The fourth-order valence-electron chi connectivity index (χ4n) is 2.67. The van der Waals surface area contributed by atoms with Gasteiger partial charge in [0, 0.05) is 18.4 Å². The van der Waals surface area contributed by atoms with Crippen LogP contribution in [0.5, 0.6) is 0 Å². The molecule has 3 atom stereocenters. The van der Waals surface area contributed by atoms with Crippen LogP contribution in [0.25, 0.3) is 0 Å². The number of hydrogen-bond donors (Lipinski definition) is 2. The highest BCUT2D eigenvalue weighted by atomic mass is 16.4. The second kappa shape index (κ2) is 6.05. The van der Waals surface area contributed by atoms with Crippen molar-refractivity contribution in [3.05, 3.63) is 60.1 Å². The Bertz CT molecular complexity index is 651. The second-order valence-corrected chi connectivity index (χ2v) is 5.51. The molecule has 0 spiro atoms. The summed E-state index contributed by atoms with van der Waals surface area (Å²) in [6, 6.07) is 12.6. The number of nitrogens with one attached hydrogen (secondary N) is 1. The first-order valence-electron chi connectivity index (χ1n) is 7.25. The Morgan fingerprint density at radius 3 is 2.64 bits per heavy atom. The van der Waals surface area contributed by atoms with Crippen molar-refractivity contribution in [2.45, 2.75) is 18.3 Å². The highest BCUT2D eigenvalue weighted by Crippen LogP contribution is 2.47. The minimum absolute atomic E-state index is 0.0968. The third-order valence-electron chi connectivity index (χ3n) is 4.02. The molecule has 22 heavy (non-hydrogen) atoms. The van der Waals surface area contributed by atoms with Crippen molar-refractivity contribution in [2.24, 2.45) is 5.92 Å². The number of aliphatic carboxylic acids is 1. The zero-order chi connectivity index (χ0) is 15.5. The van der Waals surface area contributed by atoms with Gasteiger partial charge < -0.3 is 14.8 Å². The average Bonchev–Trinajstić information content (AvgIpc) is 3.14. The van der Waals surface area contributed by atoms with Gasteiger partial charge in [0.2, 0.25) is 5.91 Å². The first kappa shape index (κ1) is 14.4. The number of rotatable bonds is 6. The molecule has 1 aromatic carbocycles. The fraction of sp³-hybridized carbons (Fsp3) is 0.294. The Morgan fingerprint density at radius 1 is 1.23 bits per heavy atom. The smallest absolute Gasteiger partial charge is 0.312 e. The van der Waals surface area contributed by atoms with Gasteiger partial charge in [-0.3, -0.25) is 9.59 Å². The van der Waals surface area contributed by atoms with E-state index in [1.54, 1.807) is 36.6 Å². The predicted molar refractivity (Wildman–Crippen MR) is 79.4 cm³/mol. The lowest BCUT2D eigenvalue weighted by Crippen LogP contribution is -2.32. The molecule has 0 bridgehead atoms. The SMILES string of the molecule is O=C(NC[C@@H](C(=O)O)c1ccccc1)[C@H]1C[C@@H]1c1ccco1. The standard InChI is InChI=1S/C17H17NO4/c19-16(13-9-12(13)15-7-4-8-22-15)18-10-14(17(20)21)11-5-2-1-3-6-11/h1-8,12-14H,9-10H2,(H,18,19)(H,20,21)/t12-,13-,14+/m0/s1. The number of furan rings is 1.